The van der Waals surface area contributed by atoms with Crippen molar-refractivity contribution in [2.45, 2.75) is 62.2 Å². The van der Waals surface area contributed by atoms with Gasteiger partial charge in [-0.05, 0) is 93.7 Å². The predicted octanol–water partition coefficient (Wildman–Crippen LogP) is 12.7. The topological polar surface area (TPSA) is 68.1 Å². The van der Waals surface area contributed by atoms with Gasteiger partial charge in [-0.1, -0.05) is 112 Å². The van der Waals surface area contributed by atoms with Gasteiger partial charge in [0.1, 0.15) is 0 Å². The Kier molecular flexibility index (Phi) is 11.6. The van der Waals surface area contributed by atoms with E-state index in [-0.39, 0.29) is 0 Å². The van der Waals surface area contributed by atoms with Crippen LogP contribution in [0.2, 0.25) is 0 Å². The molecular weight excluding hydrogens is 645 g/mol. The molecule has 0 aliphatic heterocycles. The third-order valence-corrected chi connectivity index (χ3v) is 10.2. The molecule has 6 rings (SSSR count). The zero-order valence-electron chi connectivity index (χ0n) is 27.6. The van der Waals surface area contributed by atoms with Crippen LogP contribution in [0.15, 0.2) is 129 Å². The minimum absolute atomic E-state index is 0.566. The molecule has 5 nitrogen and oxygen atoms in total. The van der Waals surface area contributed by atoms with Gasteiger partial charge in [0.15, 0.2) is 0 Å². The van der Waals surface area contributed by atoms with Crippen molar-refractivity contribution < 1.29 is 13.2 Å². The van der Waals surface area contributed by atoms with Crippen molar-refractivity contribution in [1.82, 2.24) is 0 Å². The number of aliphatic imine (C=N–C) groups is 2. The monoisotopic (exact) mass is 680 g/mol. The summed E-state index contributed by atoms with van der Waals surface area (Å²) >= 11 is 2.50. The first-order valence-electron chi connectivity index (χ1n) is 16.6. The second-order valence-corrected chi connectivity index (χ2v) is 13.6. The zero-order chi connectivity index (χ0) is 34.0. The van der Waals surface area contributed by atoms with Crippen LogP contribution >= 0.6 is 24.1 Å². The molecule has 6 aromatic rings. The molecular formula is C42H36N2O3S2. The largest absolute Gasteiger partial charge is 0.240 e. The van der Waals surface area contributed by atoms with E-state index in [0.717, 1.165) is 103 Å². The van der Waals surface area contributed by atoms with Crippen molar-refractivity contribution in [2.24, 2.45) is 9.98 Å². The second-order valence-electron chi connectivity index (χ2n) is 11.9. The lowest BCUT2D eigenvalue weighted by molar-refractivity contribution is 0.564. The molecule has 0 saturated heterocycles. The molecule has 0 N–H and O–H groups in total. The highest BCUT2D eigenvalue weighted by Gasteiger charge is 2.20. The van der Waals surface area contributed by atoms with E-state index in [2.05, 4.69) is 84.5 Å². The molecule has 0 atom stereocenters. The van der Waals surface area contributed by atoms with E-state index < -0.39 is 0 Å². The first-order valence-corrected chi connectivity index (χ1v) is 18.1. The summed E-state index contributed by atoms with van der Waals surface area (Å²) in [5.41, 5.74) is 6.87. The van der Waals surface area contributed by atoms with Crippen LogP contribution in [0.1, 0.15) is 50.7 Å². The molecule has 7 heteroatoms. The lowest BCUT2D eigenvalue weighted by atomic mass is 9.95. The quantitative estimate of drug-likeness (QED) is 0.0650. The van der Waals surface area contributed by atoms with Gasteiger partial charge >= 0.3 is 0 Å². The fraction of sp³-hybridized carbons (Fsp3) is 0.190. The highest BCUT2D eigenvalue weighted by Crippen LogP contribution is 2.48. The van der Waals surface area contributed by atoms with Crippen LogP contribution in [0.4, 0.5) is 11.4 Å². The molecule has 6 aromatic carbocycles. The van der Waals surface area contributed by atoms with E-state index in [1.165, 1.54) is 24.1 Å². The van der Waals surface area contributed by atoms with Gasteiger partial charge in [0.25, 0.3) is 0 Å². The van der Waals surface area contributed by atoms with Gasteiger partial charge in [-0.3, -0.25) is 0 Å². The summed E-state index contributed by atoms with van der Waals surface area (Å²) in [5, 5.41) is 4.30. The fourth-order valence-corrected chi connectivity index (χ4v) is 8.00. The van der Waals surface area contributed by atoms with Crippen LogP contribution in [0.3, 0.4) is 0 Å². The molecule has 0 bridgehead atoms. The lowest BCUT2D eigenvalue weighted by Crippen LogP contribution is -1.93. The smallest absolute Gasteiger partial charge is 0.237 e. The zero-order valence-corrected chi connectivity index (χ0v) is 29.2. The van der Waals surface area contributed by atoms with E-state index in [0.29, 0.717) is 11.4 Å². The van der Waals surface area contributed by atoms with Crippen LogP contribution in [0.25, 0.3) is 43.8 Å². The summed E-state index contributed by atoms with van der Waals surface area (Å²) in [6.07, 6.45) is 9.40. The van der Waals surface area contributed by atoms with Gasteiger partial charge in [-0.2, -0.15) is 9.98 Å². The van der Waals surface area contributed by atoms with E-state index in [1.807, 2.05) is 48.5 Å². The van der Waals surface area contributed by atoms with Crippen molar-refractivity contribution in [3.63, 3.8) is 0 Å². The summed E-state index contributed by atoms with van der Waals surface area (Å²) in [6, 6.07) is 37.0. The van der Waals surface area contributed by atoms with Crippen LogP contribution in [0.5, 0.6) is 0 Å². The van der Waals surface area contributed by atoms with Gasteiger partial charge in [-0.15, -0.1) is 0 Å². The SMILES string of the molecule is CCCCc1cc(N=C=O)c(-c2cccc3ccccc23)c(SOSc2cc(CCCC)cc(N=C=O)c2-c2cccc3ccccc23)c1. The molecule has 0 aliphatic rings. The Morgan fingerprint density at radius 3 is 1.43 bits per heavy atom. The molecule has 244 valence electrons. The number of hydrogen-bond acceptors (Lipinski definition) is 7. The number of aryl methyl sites for hydroxylation is 2. The maximum atomic E-state index is 11.7. The van der Waals surface area contributed by atoms with Crippen LogP contribution in [-0.4, -0.2) is 12.2 Å². The van der Waals surface area contributed by atoms with E-state index >= 15 is 0 Å². The molecule has 0 heterocycles. The number of hydrogen-bond donors (Lipinski definition) is 0. The fourth-order valence-electron chi connectivity index (χ4n) is 6.29. The highest BCUT2D eigenvalue weighted by atomic mass is 32.2. The van der Waals surface area contributed by atoms with Gasteiger partial charge in [-0.25, -0.2) is 13.2 Å². The maximum Gasteiger partial charge on any atom is 0.240 e. The number of rotatable bonds is 14. The first kappa shape index (κ1) is 34.1. The van der Waals surface area contributed by atoms with Crippen LogP contribution in [-0.2, 0) is 26.1 Å². The minimum atomic E-state index is 0.566. The molecule has 0 fully saturated rings. The molecule has 0 amide bonds. The normalized spacial score (nSPS) is 11.0. The molecule has 0 saturated carbocycles. The summed E-state index contributed by atoms with van der Waals surface area (Å²) in [6.45, 7) is 4.32. The van der Waals surface area contributed by atoms with Crippen molar-refractivity contribution in [1.29, 1.82) is 0 Å². The number of unbranched alkanes of at least 4 members (excludes halogenated alkanes) is 2. The van der Waals surface area contributed by atoms with Gasteiger partial charge < -0.3 is 0 Å². The molecule has 0 unspecified atom stereocenters. The molecule has 49 heavy (non-hydrogen) atoms. The second kappa shape index (κ2) is 16.6. The summed E-state index contributed by atoms with van der Waals surface area (Å²) < 4.78 is 6.49. The van der Waals surface area contributed by atoms with Crippen molar-refractivity contribution in [3.8, 4) is 22.3 Å². The van der Waals surface area contributed by atoms with Crippen molar-refractivity contribution in [2.75, 3.05) is 0 Å². The third kappa shape index (κ3) is 7.79. The highest BCUT2D eigenvalue weighted by molar-refractivity contribution is 8.08. The van der Waals surface area contributed by atoms with Gasteiger partial charge in [0.05, 0.1) is 11.4 Å². The Labute approximate surface area is 296 Å². The van der Waals surface area contributed by atoms with E-state index in [4.69, 9.17) is 3.63 Å². The number of isocyanates is 2. The Bertz CT molecular complexity index is 2050. The van der Waals surface area contributed by atoms with Gasteiger partial charge in [0.2, 0.25) is 12.2 Å². The number of benzene rings is 6. The Hall–Kier alpha value is -4.74. The number of fused-ring (bicyclic) bond motifs is 2. The Morgan fingerprint density at radius 2 is 1.00 bits per heavy atom. The summed E-state index contributed by atoms with van der Waals surface area (Å²) in [5.74, 6) is 0. The average molecular weight is 681 g/mol. The predicted molar refractivity (Wildman–Crippen MR) is 204 cm³/mol. The van der Waals surface area contributed by atoms with E-state index in [1.54, 1.807) is 12.2 Å². The first-order chi connectivity index (χ1) is 24.1. The minimum Gasteiger partial charge on any atom is -0.237 e. The van der Waals surface area contributed by atoms with E-state index in [9.17, 15) is 9.59 Å². The number of nitrogens with zero attached hydrogens (tertiary/aromatic N) is 2. The third-order valence-electron chi connectivity index (χ3n) is 8.62. The maximum absolute atomic E-state index is 11.7. The van der Waals surface area contributed by atoms with Crippen molar-refractivity contribution >= 4 is 69.2 Å². The Balaban J connectivity index is 1.47. The Morgan fingerprint density at radius 1 is 0.571 bits per heavy atom. The van der Waals surface area contributed by atoms with Gasteiger partial charge in [0, 0.05) is 45.0 Å². The molecule has 0 aliphatic carbocycles. The van der Waals surface area contributed by atoms with Crippen LogP contribution in [0, 0.1) is 0 Å². The summed E-state index contributed by atoms with van der Waals surface area (Å²) in [7, 11) is 0. The standard InChI is InChI=1S/C42H36N2O3S2/c1-3-5-13-29-23-37(43-27-45)41(35-21-11-17-31-15-7-9-19-33(31)35)39(25-29)48-47-49-40-26-30(14-6-4-2)24-38(44-28-46)42(40)36-22-12-18-32-16-8-10-20-34(32)36/h7-12,15-26H,3-6,13-14H2,1-2H3. The number of carbonyl (C=O) groups excluding carboxylic acids is 2. The van der Waals surface area contributed by atoms with Crippen LogP contribution < -0.4 is 0 Å². The summed E-state index contributed by atoms with van der Waals surface area (Å²) in [4.78, 5) is 33.6. The average Bonchev–Trinajstić information content (AvgIpc) is 3.13. The lowest BCUT2D eigenvalue weighted by Gasteiger charge is -2.17. The molecule has 0 aromatic heterocycles. The molecule has 0 spiro atoms. The molecule has 0 radical (unpaired) electrons. The van der Waals surface area contributed by atoms with Crippen molar-refractivity contribution in [3.05, 3.63) is 120 Å².